The first-order chi connectivity index (χ1) is 12.0. The molecular formula is C20H25N3OS. The first-order valence-corrected chi connectivity index (χ1v) is 9.41. The van der Waals surface area contributed by atoms with Gasteiger partial charge in [0.25, 0.3) is 0 Å². The summed E-state index contributed by atoms with van der Waals surface area (Å²) in [6.07, 6.45) is 0.725. The van der Waals surface area contributed by atoms with Crippen molar-refractivity contribution in [3.63, 3.8) is 0 Å². The van der Waals surface area contributed by atoms with Crippen molar-refractivity contribution in [2.24, 2.45) is 0 Å². The van der Waals surface area contributed by atoms with Crippen LogP contribution in [0.1, 0.15) is 27.2 Å². The maximum absolute atomic E-state index is 9.06. The molecule has 25 heavy (non-hydrogen) atoms. The van der Waals surface area contributed by atoms with Gasteiger partial charge in [0.05, 0.1) is 15.9 Å². The van der Waals surface area contributed by atoms with Crippen molar-refractivity contribution in [1.29, 1.82) is 0 Å². The predicted octanol–water partition coefficient (Wildman–Crippen LogP) is 4.97. The summed E-state index contributed by atoms with van der Waals surface area (Å²) in [7, 11) is 0. The average Bonchev–Trinajstić information content (AvgIpc) is 2.98. The minimum atomic E-state index is -0.0542. The molecule has 0 aliphatic carbocycles. The van der Waals surface area contributed by atoms with E-state index in [4.69, 9.17) is 10.1 Å². The van der Waals surface area contributed by atoms with E-state index >= 15 is 0 Å². The van der Waals surface area contributed by atoms with Gasteiger partial charge in [-0.05, 0) is 38.8 Å². The third-order valence-corrected chi connectivity index (χ3v) is 4.90. The maximum Gasteiger partial charge on any atom is 0.129 e. The minimum Gasteiger partial charge on any atom is -0.396 e. The Morgan fingerprint density at radius 2 is 1.88 bits per heavy atom. The Kier molecular flexibility index (Phi) is 5.25. The zero-order valence-corrected chi connectivity index (χ0v) is 15.8. The average molecular weight is 356 g/mol. The Labute approximate surface area is 152 Å². The lowest BCUT2D eigenvalue weighted by atomic mass is 10.1. The third kappa shape index (κ3) is 4.50. The molecule has 0 saturated carbocycles. The van der Waals surface area contributed by atoms with E-state index in [1.54, 1.807) is 11.3 Å². The number of anilines is 2. The van der Waals surface area contributed by atoms with Crippen LogP contribution in [0.2, 0.25) is 0 Å². The number of fused-ring (bicyclic) bond motifs is 1. The van der Waals surface area contributed by atoms with Gasteiger partial charge in [-0.2, -0.15) is 0 Å². The number of thiophene rings is 1. The van der Waals surface area contributed by atoms with Crippen LogP contribution in [0, 0.1) is 0 Å². The van der Waals surface area contributed by atoms with Gasteiger partial charge in [0, 0.05) is 29.6 Å². The number of aliphatic hydroxyl groups excluding tert-OH is 1. The molecule has 0 saturated heterocycles. The topological polar surface area (TPSA) is 57.2 Å². The Morgan fingerprint density at radius 1 is 1.12 bits per heavy atom. The molecule has 0 aliphatic heterocycles. The van der Waals surface area contributed by atoms with Gasteiger partial charge in [0.2, 0.25) is 0 Å². The normalized spacial score (nSPS) is 11.7. The second-order valence-corrected chi connectivity index (χ2v) is 8.18. The number of aromatic nitrogens is 1. The highest BCUT2D eigenvalue weighted by molar-refractivity contribution is 7.22. The molecule has 0 aliphatic rings. The lowest BCUT2D eigenvalue weighted by Crippen LogP contribution is -2.26. The van der Waals surface area contributed by atoms with Crippen LogP contribution >= 0.6 is 11.3 Å². The number of nitrogens with one attached hydrogen (secondary N) is 2. The van der Waals surface area contributed by atoms with Crippen LogP contribution in [0.5, 0.6) is 0 Å². The number of benzene rings is 1. The summed E-state index contributed by atoms with van der Waals surface area (Å²) in [6.45, 7) is 7.31. The minimum absolute atomic E-state index is 0.0542. The van der Waals surface area contributed by atoms with Crippen LogP contribution in [0.3, 0.4) is 0 Å². The number of hydrogen-bond acceptors (Lipinski definition) is 5. The van der Waals surface area contributed by atoms with E-state index in [1.807, 2.05) is 6.07 Å². The Bertz CT molecular complexity index is 837. The van der Waals surface area contributed by atoms with Gasteiger partial charge < -0.3 is 15.7 Å². The van der Waals surface area contributed by atoms with Crippen molar-refractivity contribution < 1.29 is 5.11 Å². The molecule has 0 spiro atoms. The van der Waals surface area contributed by atoms with Gasteiger partial charge in [-0.15, -0.1) is 11.3 Å². The third-order valence-electron chi connectivity index (χ3n) is 3.69. The molecule has 132 valence electrons. The molecule has 3 rings (SSSR count). The zero-order valence-electron chi connectivity index (χ0n) is 15.0. The van der Waals surface area contributed by atoms with E-state index in [-0.39, 0.29) is 12.1 Å². The first kappa shape index (κ1) is 17.7. The summed E-state index contributed by atoms with van der Waals surface area (Å²) < 4.78 is 1.15. The second-order valence-electron chi connectivity index (χ2n) is 7.13. The smallest absolute Gasteiger partial charge is 0.129 e. The van der Waals surface area contributed by atoms with Crippen molar-refractivity contribution >= 4 is 33.1 Å². The largest absolute Gasteiger partial charge is 0.396 e. The molecule has 0 atom stereocenters. The molecular weight excluding hydrogens is 330 g/mol. The van der Waals surface area contributed by atoms with Gasteiger partial charge >= 0.3 is 0 Å². The molecule has 4 nitrogen and oxygen atoms in total. The lowest BCUT2D eigenvalue weighted by Gasteiger charge is -2.22. The maximum atomic E-state index is 9.06. The van der Waals surface area contributed by atoms with Crippen molar-refractivity contribution in [1.82, 2.24) is 4.98 Å². The summed E-state index contributed by atoms with van der Waals surface area (Å²) in [5.74, 6) is 0.865. The van der Waals surface area contributed by atoms with Crippen LogP contribution in [0.15, 0.2) is 42.5 Å². The molecule has 3 N–H and O–H groups in total. The number of aliphatic hydroxyl groups is 1. The molecule has 1 aromatic carbocycles. The number of rotatable bonds is 6. The van der Waals surface area contributed by atoms with E-state index in [2.05, 4.69) is 67.8 Å². The van der Waals surface area contributed by atoms with Gasteiger partial charge in [-0.25, -0.2) is 4.98 Å². The van der Waals surface area contributed by atoms with Crippen LogP contribution < -0.4 is 10.6 Å². The van der Waals surface area contributed by atoms with Crippen LogP contribution in [0.4, 0.5) is 11.5 Å². The fourth-order valence-electron chi connectivity index (χ4n) is 2.65. The predicted molar refractivity (Wildman–Crippen MR) is 109 cm³/mol. The Morgan fingerprint density at radius 3 is 2.56 bits per heavy atom. The van der Waals surface area contributed by atoms with Gasteiger partial charge in [0.15, 0.2) is 0 Å². The Hall–Kier alpha value is -2.11. The fraction of sp³-hybridized carbons (Fsp3) is 0.350. The summed E-state index contributed by atoms with van der Waals surface area (Å²) in [4.78, 5) is 6.02. The summed E-state index contributed by atoms with van der Waals surface area (Å²) in [5, 5.41) is 16.0. The zero-order chi connectivity index (χ0) is 17.9. The van der Waals surface area contributed by atoms with E-state index < -0.39 is 0 Å². The number of pyridine rings is 1. The standard InChI is InChI=1S/C20H25N3OS/c1-20(2,3)23-18-13-15(21-10-7-11-24)19-16(22-18)12-17(25-19)14-8-5-4-6-9-14/h4-6,8-9,12-13,24H,7,10-11H2,1-3H3,(H2,21,22,23). The molecule has 3 aromatic rings. The SMILES string of the molecule is CC(C)(C)Nc1cc(NCCCO)c2sc(-c3ccccc3)cc2n1. The Balaban J connectivity index is 2.03. The van der Waals surface area contributed by atoms with Gasteiger partial charge in [-0.1, -0.05) is 30.3 Å². The van der Waals surface area contributed by atoms with Crippen LogP contribution in [0.25, 0.3) is 20.7 Å². The quantitative estimate of drug-likeness (QED) is 0.547. The van der Waals surface area contributed by atoms with E-state index in [0.29, 0.717) is 0 Å². The highest BCUT2D eigenvalue weighted by Crippen LogP contribution is 2.38. The molecule has 0 bridgehead atoms. The number of nitrogens with zero attached hydrogens (tertiary/aromatic N) is 1. The van der Waals surface area contributed by atoms with Crippen molar-refractivity contribution in [3.8, 4) is 10.4 Å². The highest BCUT2D eigenvalue weighted by Gasteiger charge is 2.15. The highest BCUT2D eigenvalue weighted by atomic mass is 32.1. The van der Waals surface area contributed by atoms with Gasteiger partial charge in [0.1, 0.15) is 5.82 Å². The molecule has 5 heteroatoms. The monoisotopic (exact) mass is 355 g/mol. The van der Waals surface area contributed by atoms with Crippen molar-refractivity contribution in [2.45, 2.75) is 32.7 Å². The van der Waals surface area contributed by atoms with Crippen LogP contribution in [-0.2, 0) is 0 Å². The lowest BCUT2D eigenvalue weighted by molar-refractivity contribution is 0.292. The summed E-state index contributed by atoms with van der Waals surface area (Å²) >= 11 is 1.75. The first-order valence-electron chi connectivity index (χ1n) is 8.59. The summed E-state index contributed by atoms with van der Waals surface area (Å²) in [6, 6.07) is 14.6. The molecule has 0 unspecified atom stereocenters. The van der Waals surface area contributed by atoms with Gasteiger partial charge in [-0.3, -0.25) is 0 Å². The molecule has 0 radical (unpaired) electrons. The summed E-state index contributed by atoms with van der Waals surface area (Å²) in [5.41, 5.74) is 3.21. The number of hydrogen-bond donors (Lipinski definition) is 3. The van der Waals surface area contributed by atoms with E-state index in [1.165, 1.54) is 10.4 Å². The van der Waals surface area contributed by atoms with Crippen molar-refractivity contribution in [3.05, 3.63) is 42.5 Å². The van der Waals surface area contributed by atoms with Crippen LogP contribution in [-0.4, -0.2) is 28.8 Å². The van der Waals surface area contributed by atoms with E-state index in [0.717, 1.165) is 34.7 Å². The molecule has 0 amide bonds. The molecule has 2 aromatic heterocycles. The van der Waals surface area contributed by atoms with Crippen molar-refractivity contribution in [2.75, 3.05) is 23.8 Å². The fourth-order valence-corrected chi connectivity index (χ4v) is 3.74. The molecule has 0 fully saturated rings. The molecule has 2 heterocycles. The second kappa shape index (κ2) is 7.42. The van der Waals surface area contributed by atoms with E-state index in [9.17, 15) is 0 Å².